The molecule has 1 aromatic heterocycles. The zero-order valence-corrected chi connectivity index (χ0v) is 13.4. The Kier molecular flexibility index (Phi) is 5.56. The second-order valence-corrected chi connectivity index (χ2v) is 5.56. The Bertz CT molecular complexity index is 531. The van der Waals surface area contributed by atoms with E-state index >= 15 is 0 Å². The second kappa shape index (κ2) is 7.41. The van der Waals surface area contributed by atoms with Crippen LogP contribution in [0.2, 0.25) is 0 Å². The number of rotatable bonds is 6. The van der Waals surface area contributed by atoms with Crippen LogP contribution in [0.1, 0.15) is 24.6 Å². The number of aryl methyl sites for hydroxylation is 1. The van der Waals surface area contributed by atoms with Crippen molar-refractivity contribution >= 4 is 15.9 Å². The molecule has 106 valence electrons. The van der Waals surface area contributed by atoms with E-state index in [1.807, 2.05) is 37.4 Å². The molecular formula is C16H19BrN2O. The Hall–Kier alpha value is -1.39. The van der Waals surface area contributed by atoms with Crippen LogP contribution in [0.4, 0.5) is 0 Å². The van der Waals surface area contributed by atoms with Crippen LogP contribution in [0.25, 0.3) is 0 Å². The van der Waals surface area contributed by atoms with Crippen molar-refractivity contribution in [1.29, 1.82) is 0 Å². The van der Waals surface area contributed by atoms with Crippen molar-refractivity contribution < 1.29 is 4.74 Å². The third-order valence-corrected chi connectivity index (χ3v) is 3.37. The van der Waals surface area contributed by atoms with Crippen LogP contribution in [0.5, 0.6) is 11.6 Å². The number of nitrogens with one attached hydrogen (secondary N) is 1. The van der Waals surface area contributed by atoms with Crippen LogP contribution in [-0.4, -0.2) is 12.0 Å². The lowest BCUT2D eigenvalue weighted by atomic mass is 10.1. The minimum absolute atomic E-state index is 0.656. The van der Waals surface area contributed by atoms with Crippen molar-refractivity contribution in [1.82, 2.24) is 10.3 Å². The van der Waals surface area contributed by atoms with Crippen molar-refractivity contribution in [2.45, 2.75) is 26.3 Å². The molecule has 20 heavy (non-hydrogen) atoms. The molecule has 4 heteroatoms. The number of nitrogens with zero attached hydrogens (tertiary/aromatic N) is 1. The Morgan fingerprint density at radius 1 is 1.20 bits per heavy atom. The fourth-order valence-electron chi connectivity index (χ4n) is 1.99. The molecule has 2 rings (SSSR count). The first-order chi connectivity index (χ1) is 9.71. The molecule has 0 unspecified atom stereocenters. The highest BCUT2D eigenvalue weighted by atomic mass is 79.9. The zero-order chi connectivity index (χ0) is 14.4. The molecule has 0 bridgehead atoms. The molecule has 0 radical (unpaired) electrons. The van der Waals surface area contributed by atoms with E-state index in [2.05, 4.69) is 39.2 Å². The average molecular weight is 335 g/mol. The molecule has 0 aliphatic rings. The van der Waals surface area contributed by atoms with Crippen molar-refractivity contribution in [3.05, 3.63) is 52.1 Å². The van der Waals surface area contributed by atoms with Gasteiger partial charge < -0.3 is 10.1 Å². The van der Waals surface area contributed by atoms with Crippen LogP contribution in [0, 0.1) is 0 Å². The number of ether oxygens (including phenoxy) is 1. The standard InChI is InChI=1S/C16H19BrN2O/c1-3-4-14-9-12(11-18-2)10-16(19-14)20-15-7-5-13(17)6-8-15/h5-10,18H,3-4,11H2,1-2H3. The van der Waals surface area contributed by atoms with Crippen LogP contribution in [-0.2, 0) is 13.0 Å². The van der Waals surface area contributed by atoms with E-state index in [-0.39, 0.29) is 0 Å². The Labute approximate surface area is 128 Å². The summed E-state index contributed by atoms with van der Waals surface area (Å²) in [6, 6.07) is 11.9. The maximum absolute atomic E-state index is 5.85. The number of benzene rings is 1. The average Bonchev–Trinajstić information content (AvgIpc) is 2.42. The van der Waals surface area contributed by atoms with Crippen molar-refractivity contribution in [2.75, 3.05) is 7.05 Å². The lowest BCUT2D eigenvalue weighted by Gasteiger charge is -2.10. The van der Waals surface area contributed by atoms with Gasteiger partial charge in [0.1, 0.15) is 5.75 Å². The molecule has 1 heterocycles. The van der Waals surface area contributed by atoms with E-state index in [0.717, 1.165) is 35.3 Å². The molecule has 3 nitrogen and oxygen atoms in total. The van der Waals surface area contributed by atoms with Gasteiger partial charge in [0.15, 0.2) is 0 Å². The number of halogens is 1. The summed E-state index contributed by atoms with van der Waals surface area (Å²) in [6.07, 6.45) is 2.04. The summed E-state index contributed by atoms with van der Waals surface area (Å²) in [6.45, 7) is 2.97. The first-order valence-electron chi connectivity index (χ1n) is 6.79. The molecule has 1 N–H and O–H groups in total. The maximum atomic E-state index is 5.85. The summed E-state index contributed by atoms with van der Waals surface area (Å²) in [4.78, 5) is 4.56. The molecule has 0 fully saturated rings. The Balaban J connectivity index is 2.22. The molecule has 0 saturated carbocycles. The third-order valence-electron chi connectivity index (χ3n) is 2.84. The molecule has 0 aliphatic carbocycles. The number of pyridine rings is 1. The second-order valence-electron chi connectivity index (χ2n) is 4.64. The predicted octanol–water partition coefficient (Wildman–Crippen LogP) is 4.31. The summed E-state index contributed by atoms with van der Waals surface area (Å²) < 4.78 is 6.88. The lowest BCUT2D eigenvalue weighted by Crippen LogP contribution is -2.06. The summed E-state index contributed by atoms with van der Waals surface area (Å²) in [5, 5.41) is 3.16. The van der Waals surface area contributed by atoms with E-state index < -0.39 is 0 Å². The summed E-state index contributed by atoms with van der Waals surface area (Å²) >= 11 is 3.42. The van der Waals surface area contributed by atoms with Gasteiger partial charge in [-0.3, -0.25) is 0 Å². The van der Waals surface area contributed by atoms with E-state index in [0.29, 0.717) is 5.88 Å². The predicted molar refractivity (Wildman–Crippen MR) is 85.2 cm³/mol. The fourth-order valence-corrected chi connectivity index (χ4v) is 2.25. The minimum Gasteiger partial charge on any atom is -0.439 e. The normalized spacial score (nSPS) is 10.6. The van der Waals surface area contributed by atoms with Crippen LogP contribution >= 0.6 is 15.9 Å². The molecule has 0 aliphatic heterocycles. The van der Waals surface area contributed by atoms with Crippen molar-refractivity contribution in [3.63, 3.8) is 0 Å². The Morgan fingerprint density at radius 2 is 1.95 bits per heavy atom. The lowest BCUT2D eigenvalue weighted by molar-refractivity contribution is 0.459. The van der Waals surface area contributed by atoms with Gasteiger partial charge in [0.25, 0.3) is 0 Å². The fraction of sp³-hybridized carbons (Fsp3) is 0.312. The van der Waals surface area contributed by atoms with Gasteiger partial charge in [-0.2, -0.15) is 0 Å². The smallest absolute Gasteiger partial charge is 0.219 e. The number of aromatic nitrogens is 1. The van der Waals surface area contributed by atoms with Gasteiger partial charge in [0, 0.05) is 22.8 Å². The van der Waals surface area contributed by atoms with E-state index in [4.69, 9.17) is 4.74 Å². The molecule has 0 saturated heterocycles. The van der Waals surface area contributed by atoms with Crippen LogP contribution in [0.3, 0.4) is 0 Å². The van der Waals surface area contributed by atoms with Crippen molar-refractivity contribution in [2.24, 2.45) is 0 Å². The van der Waals surface area contributed by atoms with Crippen LogP contribution in [0.15, 0.2) is 40.9 Å². The first kappa shape index (κ1) is 15.0. The minimum atomic E-state index is 0.656. The SMILES string of the molecule is CCCc1cc(CNC)cc(Oc2ccc(Br)cc2)n1. The summed E-state index contributed by atoms with van der Waals surface area (Å²) in [5.41, 5.74) is 2.27. The monoisotopic (exact) mass is 334 g/mol. The number of hydrogen-bond donors (Lipinski definition) is 1. The highest BCUT2D eigenvalue weighted by Crippen LogP contribution is 2.23. The van der Waals surface area contributed by atoms with Gasteiger partial charge in [-0.15, -0.1) is 0 Å². The highest BCUT2D eigenvalue weighted by molar-refractivity contribution is 9.10. The van der Waals surface area contributed by atoms with Gasteiger partial charge in [0.05, 0.1) is 0 Å². The quantitative estimate of drug-likeness (QED) is 0.854. The van der Waals surface area contributed by atoms with Gasteiger partial charge in [0.2, 0.25) is 5.88 Å². The first-order valence-corrected chi connectivity index (χ1v) is 7.58. The van der Waals surface area contributed by atoms with Gasteiger partial charge in [-0.05, 0) is 49.4 Å². The largest absolute Gasteiger partial charge is 0.439 e. The van der Waals surface area contributed by atoms with E-state index in [9.17, 15) is 0 Å². The van der Waals surface area contributed by atoms with E-state index in [1.165, 1.54) is 5.56 Å². The maximum Gasteiger partial charge on any atom is 0.219 e. The summed E-state index contributed by atoms with van der Waals surface area (Å²) in [5.74, 6) is 1.45. The van der Waals surface area contributed by atoms with Crippen LogP contribution < -0.4 is 10.1 Å². The van der Waals surface area contributed by atoms with Crippen molar-refractivity contribution in [3.8, 4) is 11.6 Å². The van der Waals surface area contributed by atoms with Gasteiger partial charge >= 0.3 is 0 Å². The van der Waals surface area contributed by atoms with Gasteiger partial charge in [-0.1, -0.05) is 29.3 Å². The topological polar surface area (TPSA) is 34.1 Å². The number of hydrogen-bond acceptors (Lipinski definition) is 3. The molecule has 1 aromatic carbocycles. The Morgan fingerprint density at radius 3 is 2.60 bits per heavy atom. The molecule has 0 amide bonds. The summed E-state index contributed by atoms with van der Waals surface area (Å²) in [7, 11) is 1.94. The highest BCUT2D eigenvalue weighted by Gasteiger charge is 2.05. The molecule has 2 aromatic rings. The molecule has 0 atom stereocenters. The van der Waals surface area contributed by atoms with E-state index in [1.54, 1.807) is 0 Å². The third kappa shape index (κ3) is 4.32. The van der Waals surface area contributed by atoms with Gasteiger partial charge in [-0.25, -0.2) is 4.98 Å². The zero-order valence-electron chi connectivity index (χ0n) is 11.8. The molecular weight excluding hydrogens is 316 g/mol. The molecule has 0 spiro atoms.